The molecule has 1 aliphatic rings. The summed E-state index contributed by atoms with van der Waals surface area (Å²) in [6.45, 7) is 2.56. The summed E-state index contributed by atoms with van der Waals surface area (Å²) in [5.41, 5.74) is 1.41. The molecule has 2 rings (SSSR count). The predicted molar refractivity (Wildman–Crippen MR) is 47.1 cm³/mol. The first kappa shape index (κ1) is 8.23. The number of hydrogen-bond acceptors (Lipinski definition) is 1. The van der Waals surface area contributed by atoms with Gasteiger partial charge in [0.15, 0.2) is 0 Å². The predicted octanol–water partition coefficient (Wildman–Crippen LogP) is 1.67. The van der Waals surface area contributed by atoms with E-state index < -0.39 is 0 Å². The molecule has 68 valence electrons. The van der Waals surface area contributed by atoms with Gasteiger partial charge in [0.25, 0.3) is 5.91 Å². The topological polar surface area (TPSA) is 29.1 Å². The van der Waals surface area contributed by atoms with Crippen molar-refractivity contribution in [2.75, 3.05) is 6.54 Å². The molecule has 1 atom stereocenters. The molecule has 0 bridgehead atoms. The lowest BCUT2D eigenvalue weighted by Crippen LogP contribution is -2.33. The molecule has 1 aromatic rings. The van der Waals surface area contributed by atoms with Gasteiger partial charge in [-0.2, -0.15) is 0 Å². The molecule has 13 heavy (non-hydrogen) atoms. The summed E-state index contributed by atoms with van der Waals surface area (Å²) in [7, 11) is 0. The van der Waals surface area contributed by atoms with Crippen molar-refractivity contribution in [1.29, 1.82) is 0 Å². The van der Waals surface area contributed by atoms with Crippen LogP contribution < -0.4 is 5.32 Å². The van der Waals surface area contributed by atoms with Crippen LogP contribution in [0.4, 0.5) is 4.39 Å². The Labute approximate surface area is 75.8 Å². The van der Waals surface area contributed by atoms with Crippen molar-refractivity contribution in [1.82, 2.24) is 5.32 Å². The van der Waals surface area contributed by atoms with Crippen molar-refractivity contribution in [3.05, 3.63) is 35.1 Å². The van der Waals surface area contributed by atoms with Crippen LogP contribution in [0.15, 0.2) is 18.2 Å². The SMILES string of the molecule is CC1CNC(=O)c2ccc(F)cc21. The molecule has 1 amide bonds. The molecule has 0 aliphatic carbocycles. The van der Waals surface area contributed by atoms with Crippen LogP contribution in [0, 0.1) is 5.82 Å². The molecule has 1 aliphatic heterocycles. The highest BCUT2D eigenvalue weighted by Gasteiger charge is 2.21. The molecule has 2 nitrogen and oxygen atoms in total. The molecule has 0 fully saturated rings. The first-order valence-electron chi connectivity index (χ1n) is 4.26. The third-order valence-electron chi connectivity index (χ3n) is 2.36. The van der Waals surface area contributed by atoms with Gasteiger partial charge in [0, 0.05) is 12.1 Å². The number of carbonyl (C=O) groups is 1. The maximum Gasteiger partial charge on any atom is 0.251 e. The summed E-state index contributed by atoms with van der Waals surface area (Å²) in [5, 5.41) is 2.75. The van der Waals surface area contributed by atoms with Crippen LogP contribution in [0.25, 0.3) is 0 Å². The van der Waals surface area contributed by atoms with E-state index in [2.05, 4.69) is 5.32 Å². The summed E-state index contributed by atoms with van der Waals surface area (Å²) in [4.78, 5) is 11.3. The smallest absolute Gasteiger partial charge is 0.251 e. The monoisotopic (exact) mass is 179 g/mol. The highest BCUT2D eigenvalue weighted by Crippen LogP contribution is 2.23. The lowest BCUT2D eigenvalue weighted by atomic mass is 9.92. The van der Waals surface area contributed by atoms with E-state index >= 15 is 0 Å². The van der Waals surface area contributed by atoms with E-state index in [0.717, 1.165) is 5.56 Å². The van der Waals surface area contributed by atoms with Gasteiger partial charge in [0.1, 0.15) is 5.82 Å². The van der Waals surface area contributed by atoms with Gasteiger partial charge in [0.05, 0.1) is 0 Å². The lowest BCUT2D eigenvalue weighted by Gasteiger charge is -2.22. The van der Waals surface area contributed by atoms with Crippen molar-refractivity contribution in [2.24, 2.45) is 0 Å². The molecule has 1 N–H and O–H groups in total. The number of halogens is 1. The molecular weight excluding hydrogens is 169 g/mol. The van der Waals surface area contributed by atoms with Crippen LogP contribution in [0.1, 0.15) is 28.8 Å². The second-order valence-corrected chi connectivity index (χ2v) is 3.34. The van der Waals surface area contributed by atoms with Crippen LogP contribution >= 0.6 is 0 Å². The molecule has 0 aromatic heterocycles. The highest BCUT2D eigenvalue weighted by atomic mass is 19.1. The first-order chi connectivity index (χ1) is 6.18. The number of amides is 1. The standard InChI is InChI=1S/C10H10FNO/c1-6-5-12-10(13)8-3-2-7(11)4-9(6)8/h2-4,6H,5H2,1H3,(H,12,13). The quantitative estimate of drug-likeness (QED) is 0.645. The Kier molecular flexibility index (Phi) is 1.79. The minimum atomic E-state index is -0.277. The molecule has 0 saturated carbocycles. The number of nitrogens with one attached hydrogen (secondary N) is 1. The molecular formula is C10H10FNO. The van der Waals surface area contributed by atoms with Gasteiger partial charge in [-0.05, 0) is 29.7 Å². The Balaban J connectivity index is 2.57. The van der Waals surface area contributed by atoms with Gasteiger partial charge in [-0.25, -0.2) is 4.39 Å². The highest BCUT2D eigenvalue weighted by molar-refractivity contribution is 5.97. The Morgan fingerprint density at radius 2 is 2.31 bits per heavy atom. The molecule has 1 heterocycles. The number of benzene rings is 1. The maximum absolute atomic E-state index is 12.9. The van der Waals surface area contributed by atoms with Crippen LogP contribution in [-0.2, 0) is 0 Å². The van der Waals surface area contributed by atoms with Gasteiger partial charge >= 0.3 is 0 Å². The fourth-order valence-electron chi connectivity index (χ4n) is 1.60. The Morgan fingerprint density at radius 1 is 1.54 bits per heavy atom. The molecule has 0 spiro atoms. The second-order valence-electron chi connectivity index (χ2n) is 3.34. The summed E-state index contributed by atoms with van der Waals surface area (Å²) in [6, 6.07) is 4.30. The van der Waals surface area contributed by atoms with Gasteiger partial charge in [0.2, 0.25) is 0 Å². The normalized spacial score (nSPS) is 20.8. The zero-order valence-corrected chi connectivity index (χ0v) is 7.30. The number of rotatable bonds is 0. The largest absolute Gasteiger partial charge is 0.351 e. The van der Waals surface area contributed by atoms with Crippen molar-refractivity contribution in [3.8, 4) is 0 Å². The van der Waals surface area contributed by atoms with Crippen molar-refractivity contribution in [2.45, 2.75) is 12.8 Å². The lowest BCUT2D eigenvalue weighted by molar-refractivity contribution is 0.0941. The van der Waals surface area contributed by atoms with Crippen molar-refractivity contribution >= 4 is 5.91 Å². The van der Waals surface area contributed by atoms with Gasteiger partial charge in [-0.15, -0.1) is 0 Å². The number of carbonyl (C=O) groups excluding carboxylic acids is 1. The first-order valence-corrected chi connectivity index (χ1v) is 4.26. The van der Waals surface area contributed by atoms with Crippen LogP contribution in [0.5, 0.6) is 0 Å². The molecule has 1 unspecified atom stereocenters. The van der Waals surface area contributed by atoms with Crippen molar-refractivity contribution in [3.63, 3.8) is 0 Å². The summed E-state index contributed by atoms with van der Waals surface area (Å²) in [6.07, 6.45) is 0. The van der Waals surface area contributed by atoms with E-state index in [1.54, 1.807) is 0 Å². The molecule has 0 radical (unpaired) electrons. The summed E-state index contributed by atoms with van der Waals surface area (Å²) in [5.74, 6) is -0.184. The minimum absolute atomic E-state index is 0.104. The fourth-order valence-corrected chi connectivity index (χ4v) is 1.60. The minimum Gasteiger partial charge on any atom is -0.351 e. The van der Waals surface area contributed by atoms with E-state index in [4.69, 9.17) is 0 Å². The average molecular weight is 179 g/mol. The van der Waals surface area contributed by atoms with Crippen LogP contribution in [-0.4, -0.2) is 12.5 Å². The second kappa shape index (κ2) is 2.83. The third kappa shape index (κ3) is 1.30. The summed E-state index contributed by atoms with van der Waals surface area (Å²) >= 11 is 0. The van der Waals surface area contributed by atoms with Gasteiger partial charge < -0.3 is 5.32 Å². The zero-order chi connectivity index (χ0) is 9.42. The molecule has 0 saturated heterocycles. The van der Waals surface area contributed by atoms with E-state index in [1.165, 1.54) is 18.2 Å². The zero-order valence-electron chi connectivity index (χ0n) is 7.30. The fraction of sp³-hybridized carbons (Fsp3) is 0.300. The van der Waals surface area contributed by atoms with Crippen LogP contribution in [0.2, 0.25) is 0 Å². The van der Waals surface area contributed by atoms with E-state index in [1.807, 2.05) is 6.92 Å². The molecule has 1 aromatic carbocycles. The molecule has 3 heteroatoms. The van der Waals surface area contributed by atoms with E-state index in [0.29, 0.717) is 12.1 Å². The Hall–Kier alpha value is -1.38. The van der Waals surface area contributed by atoms with Gasteiger partial charge in [-0.1, -0.05) is 6.92 Å². The Morgan fingerprint density at radius 3 is 3.08 bits per heavy atom. The van der Waals surface area contributed by atoms with Gasteiger partial charge in [-0.3, -0.25) is 4.79 Å². The Bertz CT molecular complexity index is 362. The maximum atomic E-state index is 12.9. The van der Waals surface area contributed by atoms with Crippen LogP contribution in [0.3, 0.4) is 0 Å². The van der Waals surface area contributed by atoms with E-state index in [9.17, 15) is 9.18 Å². The average Bonchev–Trinajstić information content (AvgIpc) is 2.12. The summed E-state index contributed by atoms with van der Waals surface area (Å²) < 4.78 is 12.9. The van der Waals surface area contributed by atoms with Crippen molar-refractivity contribution < 1.29 is 9.18 Å². The number of hydrogen-bond donors (Lipinski definition) is 1. The third-order valence-corrected chi connectivity index (χ3v) is 2.36. The van der Waals surface area contributed by atoms with E-state index in [-0.39, 0.29) is 17.6 Å². The number of fused-ring (bicyclic) bond motifs is 1.